The number of hydrogen-bond acceptors (Lipinski definition) is 3. The molecular formula is C15H19BrN2OS. The summed E-state index contributed by atoms with van der Waals surface area (Å²) < 4.78 is 2.03. The summed E-state index contributed by atoms with van der Waals surface area (Å²) in [5, 5.41) is 3.95. The molecular weight excluding hydrogens is 336 g/mol. The summed E-state index contributed by atoms with van der Waals surface area (Å²) in [6.45, 7) is 5.00. The lowest BCUT2D eigenvalue weighted by molar-refractivity contribution is 0.0951. The summed E-state index contributed by atoms with van der Waals surface area (Å²) in [6.07, 6.45) is 2.15. The van der Waals surface area contributed by atoms with Gasteiger partial charge in [-0.3, -0.25) is 4.79 Å². The second-order valence-corrected chi connectivity index (χ2v) is 6.85. The predicted octanol–water partition coefficient (Wildman–Crippen LogP) is 4.41. The molecule has 0 unspecified atom stereocenters. The average Bonchev–Trinajstić information content (AvgIpc) is 2.76. The molecule has 20 heavy (non-hydrogen) atoms. The Morgan fingerprint density at radius 1 is 1.40 bits per heavy atom. The maximum absolute atomic E-state index is 12.3. The summed E-state index contributed by atoms with van der Waals surface area (Å²) in [5.41, 5.74) is 6.68. The fourth-order valence-corrected chi connectivity index (χ4v) is 3.74. The van der Waals surface area contributed by atoms with Crippen molar-refractivity contribution in [2.45, 2.75) is 26.7 Å². The van der Waals surface area contributed by atoms with E-state index in [1.54, 1.807) is 0 Å². The van der Waals surface area contributed by atoms with Crippen LogP contribution in [0.5, 0.6) is 0 Å². The number of amides is 1. The van der Waals surface area contributed by atoms with Crippen molar-refractivity contribution >= 4 is 48.9 Å². The molecule has 0 fully saturated rings. The van der Waals surface area contributed by atoms with Crippen LogP contribution in [0.4, 0.5) is 5.69 Å². The summed E-state index contributed by atoms with van der Waals surface area (Å²) in [5.74, 6) is 0.468. The van der Waals surface area contributed by atoms with Gasteiger partial charge in [0.25, 0.3) is 5.91 Å². The number of rotatable bonds is 5. The Balaban J connectivity index is 2.20. The molecule has 1 aromatic carbocycles. The SMILES string of the molecule is CCC(CC)CNC(=O)c1sc2cc(Br)ccc2c1N. The largest absolute Gasteiger partial charge is 0.397 e. The molecule has 0 aliphatic rings. The van der Waals surface area contributed by atoms with Crippen LogP contribution in [-0.4, -0.2) is 12.5 Å². The number of benzene rings is 1. The van der Waals surface area contributed by atoms with E-state index in [2.05, 4.69) is 35.1 Å². The van der Waals surface area contributed by atoms with E-state index in [1.165, 1.54) is 11.3 Å². The van der Waals surface area contributed by atoms with Gasteiger partial charge < -0.3 is 11.1 Å². The van der Waals surface area contributed by atoms with Crippen LogP contribution in [0, 0.1) is 5.92 Å². The molecule has 2 rings (SSSR count). The minimum absolute atomic E-state index is 0.0632. The molecule has 0 saturated carbocycles. The first-order valence-electron chi connectivity index (χ1n) is 6.82. The molecule has 0 saturated heterocycles. The van der Waals surface area contributed by atoms with Gasteiger partial charge in [0.2, 0.25) is 0 Å². The molecule has 0 radical (unpaired) electrons. The van der Waals surface area contributed by atoms with Crippen molar-refractivity contribution in [2.75, 3.05) is 12.3 Å². The van der Waals surface area contributed by atoms with Gasteiger partial charge in [-0.15, -0.1) is 11.3 Å². The number of hydrogen-bond donors (Lipinski definition) is 2. The first-order chi connectivity index (χ1) is 9.56. The van der Waals surface area contributed by atoms with E-state index in [9.17, 15) is 4.79 Å². The van der Waals surface area contributed by atoms with E-state index in [0.717, 1.165) is 27.4 Å². The zero-order valence-corrected chi connectivity index (χ0v) is 14.1. The third kappa shape index (κ3) is 3.15. The van der Waals surface area contributed by atoms with Crippen LogP contribution in [0.2, 0.25) is 0 Å². The first kappa shape index (κ1) is 15.3. The van der Waals surface area contributed by atoms with Crippen LogP contribution in [0.1, 0.15) is 36.4 Å². The number of carbonyl (C=O) groups is 1. The second kappa shape index (κ2) is 6.59. The number of anilines is 1. The molecule has 1 aromatic heterocycles. The minimum Gasteiger partial charge on any atom is -0.397 e. The molecule has 2 aromatic rings. The Bertz CT molecular complexity index is 620. The van der Waals surface area contributed by atoms with E-state index in [1.807, 2.05) is 18.2 Å². The number of fused-ring (bicyclic) bond motifs is 1. The van der Waals surface area contributed by atoms with Crippen molar-refractivity contribution in [3.05, 3.63) is 27.5 Å². The number of carbonyl (C=O) groups excluding carboxylic acids is 1. The monoisotopic (exact) mass is 354 g/mol. The normalized spacial score (nSPS) is 11.2. The Kier molecular flexibility index (Phi) is 5.05. The summed E-state index contributed by atoms with van der Waals surface area (Å²) in [6, 6.07) is 5.88. The van der Waals surface area contributed by atoms with Gasteiger partial charge in [0, 0.05) is 21.1 Å². The van der Waals surface area contributed by atoms with Gasteiger partial charge >= 0.3 is 0 Å². The number of nitrogens with one attached hydrogen (secondary N) is 1. The lowest BCUT2D eigenvalue weighted by Gasteiger charge is -2.12. The second-order valence-electron chi connectivity index (χ2n) is 4.88. The molecule has 3 nitrogen and oxygen atoms in total. The van der Waals surface area contributed by atoms with Crippen molar-refractivity contribution < 1.29 is 4.79 Å². The van der Waals surface area contributed by atoms with Gasteiger partial charge in [0.15, 0.2) is 0 Å². The minimum atomic E-state index is -0.0632. The smallest absolute Gasteiger partial charge is 0.263 e. The molecule has 5 heteroatoms. The fourth-order valence-electron chi connectivity index (χ4n) is 2.15. The molecule has 0 spiro atoms. The van der Waals surface area contributed by atoms with Crippen LogP contribution in [-0.2, 0) is 0 Å². The fraction of sp³-hybridized carbons (Fsp3) is 0.400. The number of thiophene rings is 1. The topological polar surface area (TPSA) is 55.1 Å². The Hall–Kier alpha value is -1.07. The Morgan fingerprint density at radius 3 is 2.75 bits per heavy atom. The van der Waals surface area contributed by atoms with Crippen LogP contribution in [0.15, 0.2) is 22.7 Å². The highest BCUT2D eigenvalue weighted by atomic mass is 79.9. The van der Waals surface area contributed by atoms with Gasteiger partial charge in [0.1, 0.15) is 4.88 Å². The van der Waals surface area contributed by atoms with Crippen LogP contribution >= 0.6 is 27.3 Å². The maximum Gasteiger partial charge on any atom is 0.263 e. The molecule has 1 heterocycles. The van der Waals surface area contributed by atoms with Crippen molar-refractivity contribution in [3.63, 3.8) is 0 Å². The zero-order valence-electron chi connectivity index (χ0n) is 11.7. The van der Waals surface area contributed by atoms with Gasteiger partial charge in [-0.25, -0.2) is 0 Å². The van der Waals surface area contributed by atoms with Crippen molar-refractivity contribution in [2.24, 2.45) is 5.92 Å². The van der Waals surface area contributed by atoms with E-state index in [4.69, 9.17) is 5.73 Å². The zero-order chi connectivity index (χ0) is 14.7. The van der Waals surface area contributed by atoms with Gasteiger partial charge in [-0.1, -0.05) is 48.7 Å². The van der Waals surface area contributed by atoms with E-state index < -0.39 is 0 Å². The number of nitrogen functional groups attached to an aromatic ring is 1. The highest BCUT2D eigenvalue weighted by Gasteiger charge is 2.17. The lowest BCUT2D eigenvalue weighted by atomic mass is 10.0. The molecule has 108 valence electrons. The molecule has 1 amide bonds. The standard InChI is InChI=1S/C15H19BrN2OS/c1-3-9(4-2)8-18-15(19)14-13(17)11-6-5-10(16)7-12(11)20-14/h5-7,9H,3-4,8,17H2,1-2H3,(H,18,19). The molecule has 0 aliphatic heterocycles. The number of halogens is 1. The van der Waals surface area contributed by atoms with Crippen LogP contribution < -0.4 is 11.1 Å². The number of nitrogens with two attached hydrogens (primary N) is 1. The van der Waals surface area contributed by atoms with E-state index in [0.29, 0.717) is 23.0 Å². The summed E-state index contributed by atoms with van der Waals surface area (Å²) in [7, 11) is 0. The van der Waals surface area contributed by atoms with Crippen LogP contribution in [0.3, 0.4) is 0 Å². The van der Waals surface area contributed by atoms with E-state index >= 15 is 0 Å². The maximum atomic E-state index is 12.3. The van der Waals surface area contributed by atoms with Gasteiger partial charge in [0.05, 0.1) is 5.69 Å². The highest BCUT2D eigenvalue weighted by Crippen LogP contribution is 2.35. The molecule has 0 aliphatic carbocycles. The van der Waals surface area contributed by atoms with Crippen LogP contribution in [0.25, 0.3) is 10.1 Å². The van der Waals surface area contributed by atoms with Gasteiger partial charge in [-0.05, 0) is 18.1 Å². The quantitative estimate of drug-likeness (QED) is 0.835. The third-order valence-corrected chi connectivity index (χ3v) is 5.26. The van der Waals surface area contributed by atoms with E-state index in [-0.39, 0.29) is 5.91 Å². The first-order valence-corrected chi connectivity index (χ1v) is 8.43. The predicted molar refractivity (Wildman–Crippen MR) is 90.3 cm³/mol. The molecule has 0 atom stereocenters. The Morgan fingerprint density at radius 2 is 2.10 bits per heavy atom. The van der Waals surface area contributed by atoms with Crippen molar-refractivity contribution in [1.82, 2.24) is 5.32 Å². The highest BCUT2D eigenvalue weighted by molar-refractivity contribution is 9.10. The molecule has 3 N–H and O–H groups in total. The average molecular weight is 355 g/mol. The third-order valence-electron chi connectivity index (χ3n) is 3.60. The summed E-state index contributed by atoms with van der Waals surface area (Å²) >= 11 is 4.88. The van der Waals surface area contributed by atoms with Crippen molar-refractivity contribution in [1.29, 1.82) is 0 Å². The van der Waals surface area contributed by atoms with Gasteiger partial charge in [-0.2, -0.15) is 0 Å². The lowest BCUT2D eigenvalue weighted by Crippen LogP contribution is -2.28. The van der Waals surface area contributed by atoms with Crippen molar-refractivity contribution in [3.8, 4) is 0 Å². The summed E-state index contributed by atoms with van der Waals surface area (Å²) in [4.78, 5) is 12.9. The molecule has 0 bridgehead atoms. The Labute approximate surface area is 131 Å².